The van der Waals surface area contributed by atoms with E-state index in [9.17, 15) is 49.4 Å². The molecular formula is C32H29F9N6O3. The van der Waals surface area contributed by atoms with Crippen molar-refractivity contribution in [2.24, 2.45) is 7.05 Å². The molecule has 0 saturated heterocycles. The largest absolute Gasteiger partial charge is 0.507 e. The van der Waals surface area contributed by atoms with Crippen molar-refractivity contribution in [2.75, 3.05) is 23.5 Å². The number of rotatable bonds is 7. The maximum atomic E-state index is 14.3. The molecule has 0 amide bonds. The van der Waals surface area contributed by atoms with Gasteiger partial charge in [0.15, 0.2) is 0 Å². The van der Waals surface area contributed by atoms with Gasteiger partial charge in [0.25, 0.3) is 5.95 Å². The van der Waals surface area contributed by atoms with E-state index in [2.05, 4.69) is 15.4 Å². The number of halogens is 9. The van der Waals surface area contributed by atoms with Gasteiger partial charge in [-0.3, -0.25) is 0 Å². The van der Waals surface area contributed by atoms with Crippen molar-refractivity contribution < 1.29 is 54.2 Å². The van der Waals surface area contributed by atoms with Crippen molar-refractivity contribution in [3.8, 4) is 5.75 Å². The first kappa shape index (κ1) is 36.3. The molecule has 1 atom stereocenters. The molecule has 268 valence electrons. The lowest BCUT2D eigenvalue weighted by Crippen LogP contribution is -2.30. The number of carbonyl (C=O) groups excluding carboxylic acids is 1. The van der Waals surface area contributed by atoms with E-state index >= 15 is 0 Å². The molecule has 0 radical (unpaired) electrons. The number of aryl methyl sites for hydroxylation is 2. The smallest absolute Gasteiger partial charge is 0.416 e. The second-order valence-electron chi connectivity index (χ2n) is 11.8. The number of nitrogens with zero attached hydrogens (tertiary/aromatic N) is 6. The highest BCUT2D eigenvalue weighted by Crippen LogP contribution is 2.44. The zero-order valence-electron chi connectivity index (χ0n) is 26.6. The van der Waals surface area contributed by atoms with Crippen molar-refractivity contribution in [3.05, 3.63) is 93.0 Å². The van der Waals surface area contributed by atoms with Gasteiger partial charge in [-0.25, -0.2) is 4.79 Å². The summed E-state index contributed by atoms with van der Waals surface area (Å²) in [6.07, 6.45) is -14.6. The monoisotopic (exact) mass is 716 g/mol. The van der Waals surface area contributed by atoms with Crippen LogP contribution in [0.1, 0.15) is 68.2 Å². The molecule has 3 aromatic carbocycles. The van der Waals surface area contributed by atoms with Gasteiger partial charge in [-0.1, -0.05) is 17.2 Å². The first-order chi connectivity index (χ1) is 23.3. The van der Waals surface area contributed by atoms with Crippen LogP contribution in [0, 0.1) is 6.92 Å². The second-order valence-corrected chi connectivity index (χ2v) is 11.8. The van der Waals surface area contributed by atoms with Gasteiger partial charge in [-0.05, 0) is 83.6 Å². The Morgan fingerprint density at radius 3 is 2.16 bits per heavy atom. The number of aromatic hydroxyl groups is 1. The summed E-state index contributed by atoms with van der Waals surface area (Å²) in [7, 11) is 2.51. The topological polar surface area (TPSA) is 96.6 Å². The van der Waals surface area contributed by atoms with Crippen LogP contribution < -0.4 is 9.80 Å². The first-order valence-corrected chi connectivity index (χ1v) is 14.9. The number of anilines is 2. The molecule has 0 fully saturated rings. The van der Waals surface area contributed by atoms with Crippen molar-refractivity contribution >= 4 is 17.6 Å². The molecule has 0 unspecified atom stereocenters. The van der Waals surface area contributed by atoms with Gasteiger partial charge in [0.1, 0.15) is 11.3 Å². The Morgan fingerprint density at radius 1 is 0.940 bits per heavy atom. The Kier molecular flexibility index (Phi) is 9.68. The number of alkyl halides is 9. The number of phenolic OH excluding ortho intramolecular Hbond substituents is 1. The zero-order chi connectivity index (χ0) is 36.8. The van der Waals surface area contributed by atoms with Crippen molar-refractivity contribution in [1.82, 2.24) is 20.2 Å². The second kappa shape index (κ2) is 13.4. The molecule has 4 aromatic rings. The molecular weight excluding hydrogens is 687 g/mol. The van der Waals surface area contributed by atoms with Crippen LogP contribution >= 0.6 is 0 Å². The van der Waals surface area contributed by atoms with E-state index in [0.29, 0.717) is 17.7 Å². The lowest BCUT2D eigenvalue weighted by Gasteiger charge is -2.33. The maximum Gasteiger partial charge on any atom is 0.416 e. The van der Waals surface area contributed by atoms with Crippen LogP contribution in [-0.2, 0) is 43.4 Å². The van der Waals surface area contributed by atoms with E-state index in [1.54, 1.807) is 4.90 Å². The van der Waals surface area contributed by atoms with Crippen LogP contribution in [0.3, 0.4) is 0 Å². The minimum Gasteiger partial charge on any atom is -0.507 e. The summed E-state index contributed by atoms with van der Waals surface area (Å²) in [5.74, 6) is -1.39. The van der Waals surface area contributed by atoms with E-state index in [0.717, 1.165) is 18.0 Å². The van der Waals surface area contributed by atoms with Gasteiger partial charge in [-0.2, -0.15) is 44.3 Å². The van der Waals surface area contributed by atoms with Crippen LogP contribution in [0.2, 0.25) is 0 Å². The Morgan fingerprint density at radius 2 is 1.60 bits per heavy atom. The van der Waals surface area contributed by atoms with E-state index in [1.807, 2.05) is 0 Å². The van der Waals surface area contributed by atoms with Gasteiger partial charge in [0.2, 0.25) is 0 Å². The van der Waals surface area contributed by atoms with E-state index in [-0.39, 0.29) is 66.1 Å². The number of fused-ring (bicyclic) bond motifs is 1. The summed E-state index contributed by atoms with van der Waals surface area (Å²) < 4.78 is 130. The van der Waals surface area contributed by atoms with E-state index in [4.69, 9.17) is 4.74 Å². The molecule has 9 nitrogen and oxygen atoms in total. The quantitative estimate of drug-likeness (QED) is 0.154. The SMILES string of the molecule is COC(=O)c1cc(CN2CCC[C@H](N(Cc3cc(C(F)(F)F)cc(C(F)(F)F)c3)c3nnn(C)n3)c3cc(C)c(C(F)(F)F)cc32)ccc1O. The number of hydrogen-bond donors (Lipinski definition) is 1. The minimum atomic E-state index is -5.12. The Labute approximate surface area is 278 Å². The van der Waals surface area contributed by atoms with Crippen LogP contribution in [-0.4, -0.2) is 44.9 Å². The summed E-state index contributed by atoms with van der Waals surface area (Å²) in [6, 6.07) is 6.49. The molecule has 50 heavy (non-hydrogen) atoms. The molecule has 0 saturated carbocycles. The molecule has 2 heterocycles. The number of phenols is 1. The predicted molar refractivity (Wildman–Crippen MR) is 160 cm³/mol. The van der Waals surface area contributed by atoms with Gasteiger partial charge >= 0.3 is 24.5 Å². The Hall–Kier alpha value is -5.03. The van der Waals surface area contributed by atoms with Gasteiger partial charge in [0.05, 0.1) is 36.9 Å². The van der Waals surface area contributed by atoms with Crippen LogP contribution in [0.5, 0.6) is 5.75 Å². The van der Waals surface area contributed by atoms with E-state index in [1.165, 1.54) is 43.1 Å². The summed E-state index contributed by atoms with van der Waals surface area (Å²) in [5.41, 5.74) is -3.99. The van der Waals surface area contributed by atoms with Crippen molar-refractivity contribution in [3.63, 3.8) is 0 Å². The zero-order valence-corrected chi connectivity index (χ0v) is 26.6. The molecule has 0 aliphatic carbocycles. The number of hydrogen-bond acceptors (Lipinski definition) is 8. The Bertz CT molecular complexity index is 1860. The lowest BCUT2D eigenvalue weighted by atomic mass is 9.94. The fourth-order valence-corrected chi connectivity index (χ4v) is 6.00. The predicted octanol–water partition coefficient (Wildman–Crippen LogP) is 7.62. The molecule has 1 N–H and O–H groups in total. The van der Waals surface area contributed by atoms with Gasteiger partial charge < -0.3 is 19.6 Å². The number of esters is 1. The van der Waals surface area contributed by atoms with E-state index < -0.39 is 59.3 Å². The van der Waals surface area contributed by atoms with Gasteiger partial charge in [0, 0.05) is 25.3 Å². The fraction of sp³-hybridized carbons (Fsp3) is 0.375. The lowest BCUT2D eigenvalue weighted by molar-refractivity contribution is -0.143. The maximum absolute atomic E-state index is 14.3. The Balaban J connectivity index is 1.66. The number of benzene rings is 3. The number of methoxy groups -OCH3 is 1. The van der Waals surface area contributed by atoms with Crippen LogP contribution in [0.25, 0.3) is 0 Å². The molecule has 0 bridgehead atoms. The number of carbonyl (C=O) groups is 1. The molecule has 1 aliphatic heterocycles. The average Bonchev–Trinajstić information content (AvgIpc) is 3.38. The fourth-order valence-electron chi connectivity index (χ4n) is 6.00. The third-order valence-corrected chi connectivity index (χ3v) is 8.26. The van der Waals surface area contributed by atoms with Gasteiger partial charge in [-0.15, -0.1) is 5.10 Å². The minimum absolute atomic E-state index is 0.00417. The normalized spacial score (nSPS) is 15.4. The van der Waals surface area contributed by atoms with Crippen LogP contribution in [0.4, 0.5) is 51.1 Å². The third kappa shape index (κ3) is 7.73. The molecule has 1 aromatic heterocycles. The standard InChI is InChI=1S/C32H29F9N6O3/c1-17-9-22-25(47(29-42-44-45(2)43-29)16-19-10-20(30(33,34)35)13-21(11-19)31(36,37)38)5-4-8-46(26(22)14-24(17)32(39,40)41)15-18-6-7-27(48)23(12-18)28(49)50-3/h6-7,9-14,25,48H,4-5,8,15-16H2,1-3H3/t25-/m0/s1. The molecule has 5 rings (SSSR count). The van der Waals surface area contributed by atoms with Crippen molar-refractivity contribution in [1.29, 1.82) is 0 Å². The summed E-state index contributed by atoms with van der Waals surface area (Å²) in [5, 5.41) is 22.1. The summed E-state index contributed by atoms with van der Waals surface area (Å²) >= 11 is 0. The summed E-state index contributed by atoms with van der Waals surface area (Å²) in [6.45, 7) is 0.757. The van der Waals surface area contributed by atoms with Crippen molar-refractivity contribution in [2.45, 2.75) is 57.4 Å². The number of tetrazole rings is 1. The average molecular weight is 717 g/mol. The highest BCUT2D eigenvalue weighted by atomic mass is 19.4. The highest BCUT2D eigenvalue weighted by molar-refractivity contribution is 5.92. The first-order valence-electron chi connectivity index (χ1n) is 14.9. The molecule has 0 spiro atoms. The third-order valence-electron chi connectivity index (χ3n) is 8.26. The summed E-state index contributed by atoms with van der Waals surface area (Å²) in [4.78, 5) is 16.2. The number of ether oxygens (including phenoxy) is 1. The molecule has 1 aliphatic rings. The van der Waals surface area contributed by atoms with Crippen LogP contribution in [0.15, 0.2) is 48.5 Å². The molecule has 18 heteroatoms. The number of aromatic nitrogens is 4. The highest BCUT2D eigenvalue weighted by Gasteiger charge is 2.39.